The Labute approximate surface area is 118 Å². The molecule has 4 nitrogen and oxygen atoms in total. The fourth-order valence-electron chi connectivity index (χ4n) is 2.52. The van der Waals surface area contributed by atoms with Gasteiger partial charge in [0.05, 0.1) is 12.1 Å². The molecule has 0 bridgehead atoms. The molecule has 0 aliphatic carbocycles. The summed E-state index contributed by atoms with van der Waals surface area (Å²) < 4.78 is 2.17. The highest BCUT2D eigenvalue weighted by atomic mass is 15.1. The number of aromatic nitrogens is 3. The summed E-state index contributed by atoms with van der Waals surface area (Å²) in [6, 6.07) is 7.93. The first-order valence-electron chi connectivity index (χ1n) is 6.80. The van der Waals surface area contributed by atoms with Crippen LogP contribution in [0.1, 0.15) is 31.2 Å². The van der Waals surface area contributed by atoms with Crippen LogP contribution < -0.4 is 5.73 Å². The second kappa shape index (κ2) is 4.96. The summed E-state index contributed by atoms with van der Waals surface area (Å²) in [5.74, 6) is 1.49. The number of imidazole rings is 1. The lowest BCUT2D eigenvalue weighted by molar-refractivity contribution is 0.671. The number of nitrogens with two attached hydrogens (primary N) is 1. The number of nitrogen functional groups attached to an aromatic ring is 1. The van der Waals surface area contributed by atoms with Crippen molar-refractivity contribution in [3.8, 4) is 0 Å². The quantitative estimate of drug-likeness (QED) is 0.741. The van der Waals surface area contributed by atoms with Crippen LogP contribution in [0, 0.1) is 0 Å². The summed E-state index contributed by atoms with van der Waals surface area (Å²) in [5, 5.41) is 1.01. The van der Waals surface area contributed by atoms with Gasteiger partial charge in [0.25, 0.3) is 0 Å². The minimum atomic E-state index is 0.401. The molecule has 4 heteroatoms. The third-order valence-corrected chi connectivity index (χ3v) is 3.49. The molecule has 0 saturated carbocycles. The van der Waals surface area contributed by atoms with E-state index in [-0.39, 0.29) is 0 Å². The van der Waals surface area contributed by atoms with Crippen LogP contribution in [0.3, 0.4) is 0 Å². The van der Waals surface area contributed by atoms with Gasteiger partial charge >= 0.3 is 0 Å². The molecule has 0 radical (unpaired) electrons. The Morgan fingerprint density at radius 1 is 1.15 bits per heavy atom. The Balaban J connectivity index is 2.07. The van der Waals surface area contributed by atoms with Crippen molar-refractivity contribution in [1.29, 1.82) is 0 Å². The molecule has 0 saturated heterocycles. The number of benzene rings is 1. The van der Waals surface area contributed by atoms with E-state index >= 15 is 0 Å². The van der Waals surface area contributed by atoms with E-state index in [9.17, 15) is 0 Å². The predicted octanol–water partition coefficient (Wildman–Crippen LogP) is 3.19. The van der Waals surface area contributed by atoms with Crippen LogP contribution in [0.4, 0.5) is 5.69 Å². The summed E-state index contributed by atoms with van der Waals surface area (Å²) in [7, 11) is 0. The van der Waals surface area contributed by atoms with Crippen molar-refractivity contribution >= 4 is 16.6 Å². The van der Waals surface area contributed by atoms with Gasteiger partial charge in [-0.1, -0.05) is 19.9 Å². The first-order chi connectivity index (χ1) is 9.66. The van der Waals surface area contributed by atoms with Crippen LogP contribution in [0.2, 0.25) is 0 Å². The lowest BCUT2D eigenvalue weighted by atomic mass is 10.1. The van der Waals surface area contributed by atoms with Crippen LogP contribution in [-0.2, 0) is 6.54 Å². The zero-order valence-corrected chi connectivity index (χ0v) is 11.7. The Hall–Kier alpha value is -2.36. The van der Waals surface area contributed by atoms with Gasteiger partial charge in [-0.3, -0.25) is 4.98 Å². The molecular weight excluding hydrogens is 248 g/mol. The minimum Gasteiger partial charge on any atom is -0.398 e. The fraction of sp³-hybridized carbons (Fsp3) is 0.250. The maximum Gasteiger partial charge on any atom is 0.111 e. The summed E-state index contributed by atoms with van der Waals surface area (Å²) in [4.78, 5) is 8.91. The first-order valence-corrected chi connectivity index (χ1v) is 6.80. The molecule has 0 fully saturated rings. The third-order valence-electron chi connectivity index (χ3n) is 3.49. The van der Waals surface area contributed by atoms with Crippen LogP contribution in [-0.4, -0.2) is 14.5 Å². The maximum absolute atomic E-state index is 6.02. The van der Waals surface area contributed by atoms with Crippen molar-refractivity contribution < 1.29 is 0 Å². The maximum atomic E-state index is 6.02. The summed E-state index contributed by atoms with van der Waals surface area (Å²) in [5.41, 5.74) is 8.92. The number of hydrogen-bond acceptors (Lipinski definition) is 3. The van der Waals surface area contributed by atoms with E-state index < -0.39 is 0 Å². The van der Waals surface area contributed by atoms with E-state index in [2.05, 4.69) is 34.4 Å². The van der Waals surface area contributed by atoms with Crippen LogP contribution in [0.25, 0.3) is 10.9 Å². The average molecular weight is 266 g/mol. The van der Waals surface area contributed by atoms with Gasteiger partial charge in [-0.25, -0.2) is 4.98 Å². The third kappa shape index (κ3) is 2.13. The van der Waals surface area contributed by atoms with E-state index in [4.69, 9.17) is 5.73 Å². The smallest absolute Gasteiger partial charge is 0.111 e. The Morgan fingerprint density at radius 2 is 2.00 bits per heavy atom. The Kier molecular flexibility index (Phi) is 3.14. The summed E-state index contributed by atoms with van der Waals surface area (Å²) >= 11 is 0. The van der Waals surface area contributed by atoms with Gasteiger partial charge in [0.15, 0.2) is 0 Å². The van der Waals surface area contributed by atoms with Crippen molar-refractivity contribution in [3.05, 3.63) is 54.2 Å². The van der Waals surface area contributed by atoms with Gasteiger partial charge in [0.2, 0.25) is 0 Å². The lowest BCUT2D eigenvalue weighted by Crippen LogP contribution is -2.07. The van der Waals surface area contributed by atoms with E-state index in [1.165, 1.54) is 0 Å². The van der Waals surface area contributed by atoms with Crippen LogP contribution in [0.15, 0.2) is 42.9 Å². The molecule has 2 heterocycles. The number of nitrogens with zero attached hydrogens (tertiary/aromatic N) is 3. The number of hydrogen-bond donors (Lipinski definition) is 1. The zero-order valence-electron chi connectivity index (χ0n) is 11.7. The second-order valence-corrected chi connectivity index (χ2v) is 5.28. The number of anilines is 1. The van der Waals surface area contributed by atoms with Gasteiger partial charge < -0.3 is 10.3 Å². The second-order valence-electron chi connectivity index (χ2n) is 5.28. The van der Waals surface area contributed by atoms with Gasteiger partial charge in [0, 0.05) is 35.6 Å². The standard InChI is InChI=1S/C16H18N4/c1-11(2)16-19-8-9-20(16)10-12-5-6-14(17)13-4-3-7-18-15(12)13/h3-9,11H,10,17H2,1-2H3. The van der Waals surface area contributed by atoms with Crippen LogP contribution >= 0.6 is 0 Å². The predicted molar refractivity (Wildman–Crippen MR) is 81.6 cm³/mol. The molecule has 0 aliphatic rings. The largest absolute Gasteiger partial charge is 0.398 e. The number of pyridine rings is 1. The van der Waals surface area contributed by atoms with Crippen molar-refractivity contribution in [3.63, 3.8) is 0 Å². The fourth-order valence-corrected chi connectivity index (χ4v) is 2.52. The van der Waals surface area contributed by atoms with E-state index in [0.29, 0.717) is 5.92 Å². The SMILES string of the molecule is CC(C)c1nccn1Cc1ccc(N)c2cccnc12. The highest BCUT2D eigenvalue weighted by Gasteiger charge is 2.10. The van der Waals surface area contributed by atoms with Gasteiger partial charge in [0.1, 0.15) is 5.82 Å². The molecule has 1 aromatic carbocycles. The van der Waals surface area contributed by atoms with Crippen molar-refractivity contribution in [1.82, 2.24) is 14.5 Å². The normalized spacial score (nSPS) is 11.3. The van der Waals surface area contributed by atoms with Crippen molar-refractivity contribution in [2.45, 2.75) is 26.3 Å². The molecule has 2 aromatic heterocycles. The molecule has 102 valence electrons. The van der Waals surface area contributed by atoms with Crippen LogP contribution in [0.5, 0.6) is 0 Å². The lowest BCUT2D eigenvalue weighted by Gasteiger charge is -2.12. The average Bonchev–Trinajstić information content (AvgIpc) is 2.91. The van der Waals surface area contributed by atoms with Crippen molar-refractivity contribution in [2.24, 2.45) is 0 Å². The molecular formula is C16H18N4. The Morgan fingerprint density at radius 3 is 2.80 bits per heavy atom. The van der Waals surface area contributed by atoms with Gasteiger partial charge in [-0.15, -0.1) is 0 Å². The molecule has 0 spiro atoms. The van der Waals surface area contributed by atoms with E-state index in [1.54, 1.807) is 0 Å². The van der Waals surface area contributed by atoms with E-state index in [1.807, 2.05) is 36.8 Å². The molecule has 0 amide bonds. The minimum absolute atomic E-state index is 0.401. The molecule has 0 aliphatic heterocycles. The Bertz CT molecular complexity index is 743. The zero-order chi connectivity index (χ0) is 14.1. The monoisotopic (exact) mass is 266 g/mol. The highest BCUT2D eigenvalue weighted by Crippen LogP contribution is 2.24. The number of fused-ring (bicyclic) bond motifs is 1. The number of rotatable bonds is 3. The summed E-state index contributed by atoms with van der Waals surface area (Å²) in [6.45, 7) is 5.07. The topological polar surface area (TPSA) is 56.7 Å². The highest BCUT2D eigenvalue weighted by molar-refractivity contribution is 5.92. The molecule has 0 unspecified atom stereocenters. The summed E-state index contributed by atoms with van der Waals surface area (Å²) in [6.07, 6.45) is 5.67. The van der Waals surface area contributed by atoms with Gasteiger partial charge in [-0.2, -0.15) is 0 Å². The molecule has 0 atom stereocenters. The first kappa shape index (κ1) is 12.7. The van der Waals surface area contributed by atoms with E-state index in [0.717, 1.165) is 34.5 Å². The molecule has 3 aromatic rings. The van der Waals surface area contributed by atoms with Gasteiger partial charge in [-0.05, 0) is 23.8 Å². The molecule has 2 N–H and O–H groups in total. The molecule has 3 rings (SSSR count). The van der Waals surface area contributed by atoms with Crippen molar-refractivity contribution in [2.75, 3.05) is 5.73 Å². The molecule has 20 heavy (non-hydrogen) atoms.